The van der Waals surface area contributed by atoms with Crippen molar-refractivity contribution in [2.75, 3.05) is 20.7 Å². The summed E-state index contributed by atoms with van der Waals surface area (Å²) in [4.78, 5) is 17.3. The topological polar surface area (TPSA) is 80.0 Å². The summed E-state index contributed by atoms with van der Waals surface area (Å²) in [5, 5.41) is 14.4. The maximum absolute atomic E-state index is 11.1. The Hall–Kier alpha value is -2.36. The van der Waals surface area contributed by atoms with Crippen LogP contribution >= 0.6 is 24.0 Å². The number of rotatable bonds is 7. The smallest absolute Gasteiger partial charge is 0.274 e. The Morgan fingerprint density at radius 1 is 1.22 bits per heavy atom. The van der Waals surface area contributed by atoms with Gasteiger partial charge in [0.1, 0.15) is 5.75 Å². The van der Waals surface area contributed by atoms with Crippen LogP contribution in [0, 0.1) is 10.1 Å². The Kier molecular flexibility index (Phi) is 9.55. The van der Waals surface area contributed by atoms with Gasteiger partial charge in [0, 0.05) is 26.2 Å². The van der Waals surface area contributed by atoms with E-state index >= 15 is 0 Å². The summed E-state index contributed by atoms with van der Waals surface area (Å²) in [5.41, 5.74) is 1.79. The molecule has 0 aliphatic carbocycles. The SMILES string of the molecule is CCNC(=NCc1ccccc1[N+](=O)[O-])N(C)Cc1ccc(OC)cc1.I. The van der Waals surface area contributed by atoms with Crippen LogP contribution in [-0.2, 0) is 13.1 Å². The lowest BCUT2D eigenvalue weighted by Crippen LogP contribution is -2.38. The first-order valence-corrected chi connectivity index (χ1v) is 8.39. The maximum Gasteiger partial charge on any atom is 0.274 e. The van der Waals surface area contributed by atoms with Crippen LogP contribution in [-0.4, -0.2) is 36.5 Å². The monoisotopic (exact) mass is 484 g/mol. The molecule has 0 fully saturated rings. The van der Waals surface area contributed by atoms with E-state index in [9.17, 15) is 10.1 Å². The zero-order valence-corrected chi connectivity index (χ0v) is 18.0. The van der Waals surface area contributed by atoms with Crippen molar-refractivity contribution in [2.24, 2.45) is 4.99 Å². The molecule has 2 aromatic rings. The highest BCUT2D eigenvalue weighted by atomic mass is 127. The van der Waals surface area contributed by atoms with Gasteiger partial charge in [-0.2, -0.15) is 0 Å². The Morgan fingerprint density at radius 3 is 2.48 bits per heavy atom. The summed E-state index contributed by atoms with van der Waals surface area (Å²) in [7, 11) is 3.57. The summed E-state index contributed by atoms with van der Waals surface area (Å²) in [6.45, 7) is 3.60. The fraction of sp³-hybridized carbons (Fsp3) is 0.316. The first kappa shape index (κ1) is 22.7. The molecule has 0 unspecified atom stereocenters. The molecule has 0 amide bonds. The van der Waals surface area contributed by atoms with Crippen LogP contribution in [0.5, 0.6) is 5.75 Å². The Balaban J connectivity index is 0.00000364. The largest absolute Gasteiger partial charge is 0.497 e. The normalized spacial score (nSPS) is 10.7. The lowest BCUT2D eigenvalue weighted by molar-refractivity contribution is -0.385. The van der Waals surface area contributed by atoms with Crippen molar-refractivity contribution < 1.29 is 9.66 Å². The van der Waals surface area contributed by atoms with E-state index < -0.39 is 0 Å². The number of hydrogen-bond acceptors (Lipinski definition) is 4. The number of benzene rings is 2. The molecule has 2 rings (SSSR count). The van der Waals surface area contributed by atoms with Gasteiger partial charge in [-0.05, 0) is 24.6 Å². The van der Waals surface area contributed by atoms with Crippen molar-refractivity contribution in [1.29, 1.82) is 0 Å². The standard InChI is InChI=1S/C19H24N4O3.HI/c1-4-20-19(21-13-16-7-5-6-8-18(16)23(24)25)22(2)14-15-9-11-17(26-3)12-10-15;/h5-12H,4,13-14H2,1-3H3,(H,20,21);1H. The zero-order valence-electron chi connectivity index (χ0n) is 15.7. The molecule has 0 heterocycles. The van der Waals surface area contributed by atoms with E-state index in [1.54, 1.807) is 25.3 Å². The number of halogens is 1. The van der Waals surface area contributed by atoms with Gasteiger partial charge in [0.2, 0.25) is 0 Å². The molecule has 0 saturated heterocycles. The molecule has 8 heteroatoms. The number of methoxy groups -OCH3 is 1. The molecule has 0 radical (unpaired) electrons. The van der Waals surface area contributed by atoms with Gasteiger partial charge in [-0.25, -0.2) is 4.99 Å². The lowest BCUT2D eigenvalue weighted by atomic mass is 10.2. The van der Waals surface area contributed by atoms with Crippen molar-refractivity contribution in [3.63, 3.8) is 0 Å². The second-order valence-corrected chi connectivity index (χ2v) is 5.76. The third-order valence-corrected chi connectivity index (χ3v) is 3.86. The Labute approximate surface area is 176 Å². The quantitative estimate of drug-likeness (QED) is 0.213. The number of hydrogen-bond donors (Lipinski definition) is 1. The third kappa shape index (κ3) is 6.70. The van der Waals surface area contributed by atoms with E-state index in [0.717, 1.165) is 11.3 Å². The molecule has 0 aliphatic rings. The van der Waals surface area contributed by atoms with Crippen LogP contribution < -0.4 is 10.1 Å². The van der Waals surface area contributed by atoms with Gasteiger partial charge in [0.15, 0.2) is 5.96 Å². The molecule has 2 aromatic carbocycles. The van der Waals surface area contributed by atoms with E-state index in [-0.39, 0.29) is 41.1 Å². The van der Waals surface area contributed by atoms with E-state index in [2.05, 4.69) is 10.3 Å². The van der Waals surface area contributed by atoms with Crippen LogP contribution in [0.3, 0.4) is 0 Å². The van der Waals surface area contributed by atoms with Gasteiger partial charge in [-0.15, -0.1) is 24.0 Å². The van der Waals surface area contributed by atoms with Crippen molar-refractivity contribution in [3.8, 4) is 5.75 Å². The third-order valence-electron chi connectivity index (χ3n) is 3.86. The van der Waals surface area contributed by atoms with Crippen LogP contribution in [0.1, 0.15) is 18.1 Å². The minimum absolute atomic E-state index is 0. The van der Waals surface area contributed by atoms with E-state index in [1.165, 1.54) is 6.07 Å². The Bertz CT molecular complexity index is 766. The van der Waals surface area contributed by atoms with Crippen molar-refractivity contribution in [2.45, 2.75) is 20.0 Å². The fourth-order valence-electron chi connectivity index (χ4n) is 2.53. The summed E-state index contributed by atoms with van der Waals surface area (Å²) in [5.74, 6) is 1.51. The van der Waals surface area contributed by atoms with Gasteiger partial charge >= 0.3 is 0 Å². The molecule has 0 atom stereocenters. The van der Waals surface area contributed by atoms with Gasteiger partial charge in [-0.1, -0.05) is 30.3 Å². The van der Waals surface area contributed by atoms with Crippen molar-refractivity contribution in [1.82, 2.24) is 10.2 Å². The predicted molar refractivity (Wildman–Crippen MR) is 118 cm³/mol. The molecular formula is C19H25IN4O3. The minimum atomic E-state index is -0.376. The lowest BCUT2D eigenvalue weighted by Gasteiger charge is -2.22. The van der Waals surface area contributed by atoms with Gasteiger partial charge in [0.25, 0.3) is 5.69 Å². The predicted octanol–water partition coefficient (Wildman–Crippen LogP) is 3.82. The number of nitrogens with one attached hydrogen (secondary N) is 1. The highest BCUT2D eigenvalue weighted by Gasteiger charge is 2.13. The van der Waals surface area contributed by atoms with Crippen LogP contribution in [0.4, 0.5) is 5.69 Å². The van der Waals surface area contributed by atoms with Crippen molar-refractivity contribution >= 4 is 35.6 Å². The molecule has 0 aromatic heterocycles. The summed E-state index contributed by atoms with van der Waals surface area (Å²) < 4.78 is 5.17. The number of guanidine groups is 1. The van der Waals surface area contributed by atoms with E-state index in [4.69, 9.17) is 4.74 Å². The highest BCUT2D eigenvalue weighted by Crippen LogP contribution is 2.18. The van der Waals surface area contributed by atoms with Gasteiger partial charge in [0.05, 0.1) is 24.1 Å². The van der Waals surface area contributed by atoms with Gasteiger partial charge < -0.3 is 15.0 Å². The van der Waals surface area contributed by atoms with E-state index in [0.29, 0.717) is 24.6 Å². The van der Waals surface area contributed by atoms with E-state index in [1.807, 2.05) is 43.1 Å². The molecule has 0 spiro atoms. The molecule has 27 heavy (non-hydrogen) atoms. The molecule has 0 saturated carbocycles. The molecule has 0 aliphatic heterocycles. The van der Waals surface area contributed by atoms with Crippen molar-refractivity contribution in [3.05, 3.63) is 69.8 Å². The maximum atomic E-state index is 11.1. The molecule has 1 N–H and O–H groups in total. The first-order valence-electron chi connectivity index (χ1n) is 8.39. The zero-order chi connectivity index (χ0) is 18.9. The fourth-order valence-corrected chi connectivity index (χ4v) is 2.53. The van der Waals surface area contributed by atoms with Gasteiger partial charge in [-0.3, -0.25) is 10.1 Å². The van der Waals surface area contributed by atoms with Crippen LogP contribution in [0.15, 0.2) is 53.5 Å². The second-order valence-electron chi connectivity index (χ2n) is 5.76. The Morgan fingerprint density at radius 2 is 1.89 bits per heavy atom. The summed E-state index contributed by atoms with van der Waals surface area (Å²) in [6.07, 6.45) is 0. The second kappa shape index (κ2) is 11.4. The highest BCUT2D eigenvalue weighted by molar-refractivity contribution is 14.0. The number of nitro benzene ring substituents is 1. The molecule has 7 nitrogen and oxygen atoms in total. The minimum Gasteiger partial charge on any atom is -0.497 e. The number of aliphatic imine (C=N–C) groups is 1. The number of ether oxygens (including phenoxy) is 1. The number of nitrogens with zero attached hydrogens (tertiary/aromatic N) is 3. The molecular weight excluding hydrogens is 459 g/mol. The summed E-state index contributed by atoms with van der Waals surface area (Å²) >= 11 is 0. The summed E-state index contributed by atoms with van der Waals surface area (Å²) in [6, 6.07) is 14.5. The average Bonchev–Trinajstić information content (AvgIpc) is 2.65. The average molecular weight is 484 g/mol. The molecule has 146 valence electrons. The number of nitro groups is 1. The van der Waals surface area contributed by atoms with Crippen LogP contribution in [0.2, 0.25) is 0 Å². The first-order chi connectivity index (χ1) is 12.5. The van der Waals surface area contributed by atoms with Crippen LogP contribution in [0.25, 0.3) is 0 Å². The number of para-hydroxylation sites is 1. The molecule has 0 bridgehead atoms.